The lowest BCUT2D eigenvalue weighted by atomic mass is 10.1. The van der Waals surface area contributed by atoms with Gasteiger partial charge in [-0.2, -0.15) is 0 Å². The number of hydrogen-bond acceptors (Lipinski definition) is 2. The highest BCUT2D eigenvalue weighted by molar-refractivity contribution is 5.84. The molecule has 26 heavy (non-hydrogen) atoms. The minimum atomic E-state index is 0.964. The first-order valence-corrected chi connectivity index (χ1v) is 9.28. The van der Waals surface area contributed by atoms with Crippen LogP contribution in [0.5, 0.6) is 0 Å². The maximum Gasteiger partial charge on any atom is 0.0697 e. The standard InChI is InChI=1S/C22H26N4/c1-23-13-11-18-16-26(22-10-6-4-8-20(18)22)25(2)14-12-17-15-24-21-9-5-3-7-19(17)21/h3-10,15-16,23-24H,11-14H2,1-2H3. The van der Waals surface area contributed by atoms with Gasteiger partial charge in [-0.1, -0.05) is 36.4 Å². The van der Waals surface area contributed by atoms with E-state index in [-0.39, 0.29) is 0 Å². The molecular formula is C22H26N4. The van der Waals surface area contributed by atoms with E-state index in [1.54, 1.807) is 0 Å². The molecule has 0 amide bonds. The van der Waals surface area contributed by atoms with Gasteiger partial charge in [0.1, 0.15) is 0 Å². The van der Waals surface area contributed by atoms with Gasteiger partial charge in [0.25, 0.3) is 0 Å². The molecule has 134 valence electrons. The minimum absolute atomic E-state index is 0.964. The number of hydrogen-bond donors (Lipinski definition) is 2. The van der Waals surface area contributed by atoms with Gasteiger partial charge in [0.05, 0.1) is 5.52 Å². The predicted octanol–water partition coefficient (Wildman–Crippen LogP) is 3.70. The molecule has 2 aromatic carbocycles. The fraction of sp³-hybridized carbons (Fsp3) is 0.273. The van der Waals surface area contributed by atoms with Crippen molar-refractivity contribution < 1.29 is 0 Å². The fourth-order valence-corrected chi connectivity index (χ4v) is 3.70. The normalized spacial score (nSPS) is 11.5. The summed E-state index contributed by atoms with van der Waals surface area (Å²) in [6.45, 7) is 1.96. The molecule has 4 aromatic rings. The largest absolute Gasteiger partial charge is 0.361 e. The van der Waals surface area contributed by atoms with E-state index in [0.29, 0.717) is 0 Å². The van der Waals surface area contributed by atoms with Crippen molar-refractivity contribution in [3.8, 4) is 0 Å². The molecule has 2 N–H and O–H groups in total. The van der Waals surface area contributed by atoms with Crippen LogP contribution in [0.15, 0.2) is 60.9 Å². The van der Waals surface area contributed by atoms with E-state index in [4.69, 9.17) is 0 Å². The number of aromatic nitrogens is 2. The summed E-state index contributed by atoms with van der Waals surface area (Å²) >= 11 is 0. The van der Waals surface area contributed by atoms with Gasteiger partial charge >= 0.3 is 0 Å². The number of H-pyrrole nitrogens is 1. The molecule has 0 unspecified atom stereocenters. The first kappa shape index (κ1) is 16.7. The quantitative estimate of drug-likeness (QED) is 0.535. The van der Waals surface area contributed by atoms with Gasteiger partial charge in [-0.25, -0.2) is 0 Å². The lowest BCUT2D eigenvalue weighted by Crippen LogP contribution is -2.31. The average Bonchev–Trinajstić information content (AvgIpc) is 3.26. The molecule has 4 nitrogen and oxygen atoms in total. The van der Waals surface area contributed by atoms with Crippen molar-refractivity contribution in [1.82, 2.24) is 15.0 Å². The number of nitrogens with zero attached hydrogens (tertiary/aromatic N) is 2. The third-order valence-corrected chi connectivity index (χ3v) is 5.17. The molecule has 0 fully saturated rings. The van der Waals surface area contributed by atoms with E-state index in [9.17, 15) is 0 Å². The molecule has 2 heterocycles. The SMILES string of the molecule is CNCCc1cn(N(C)CCc2c[nH]c3ccccc23)c2ccccc12. The number of nitrogens with one attached hydrogen (secondary N) is 2. The topological polar surface area (TPSA) is 36.0 Å². The summed E-state index contributed by atoms with van der Waals surface area (Å²) < 4.78 is 2.30. The van der Waals surface area contributed by atoms with Crippen molar-refractivity contribution in [2.24, 2.45) is 0 Å². The molecule has 0 aliphatic carbocycles. The molecule has 2 aromatic heterocycles. The monoisotopic (exact) mass is 346 g/mol. The van der Waals surface area contributed by atoms with E-state index < -0.39 is 0 Å². The molecule has 0 saturated heterocycles. The number of likely N-dealkylation sites (N-methyl/N-ethyl adjacent to an activating group) is 2. The van der Waals surface area contributed by atoms with E-state index in [0.717, 1.165) is 25.9 Å². The van der Waals surface area contributed by atoms with Gasteiger partial charge in [0.2, 0.25) is 0 Å². The number of rotatable bonds is 7. The highest BCUT2D eigenvalue weighted by Gasteiger charge is 2.11. The molecule has 0 aliphatic rings. The van der Waals surface area contributed by atoms with Crippen molar-refractivity contribution in [2.45, 2.75) is 12.8 Å². The van der Waals surface area contributed by atoms with E-state index in [1.807, 2.05) is 7.05 Å². The smallest absolute Gasteiger partial charge is 0.0697 e. The van der Waals surface area contributed by atoms with Crippen LogP contribution in [-0.2, 0) is 12.8 Å². The summed E-state index contributed by atoms with van der Waals surface area (Å²) in [6.07, 6.45) is 6.49. The van der Waals surface area contributed by atoms with E-state index in [1.165, 1.54) is 32.9 Å². The second-order valence-corrected chi connectivity index (χ2v) is 6.86. The van der Waals surface area contributed by atoms with Crippen molar-refractivity contribution in [3.05, 3.63) is 72.1 Å². The van der Waals surface area contributed by atoms with Gasteiger partial charge in [0, 0.05) is 42.3 Å². The first-order chi connectivity index (χ1) is 12.8. The summed E-state index contributed by atoms with van der Waals surface area (Å²) in [5.41, 5.74) is 5.26. The molecule has 0 aliphatic heterocycles. The summed E-state index contributed by atoms with van der Waals surface area (Å²) in [5, 5.41) is 8.24. The molecule has 0 atom stereocenters. The Bertz CT molecular complexity index is 1010. The Balaban J connectivity index is 1.57. The highest BCUT2D eigenvalue weighted by atomic mass is 15.5. The number of fused-ring (bicyclic) bond motifs is 2. The van der Waals surface area contributed by atoms with Crippen LogP contribution in [0.25, 0.3) is 21.8 Å². The summed E-state index contributed by atoms with van der Waals surface area (Å²) in [7, 11) is 4.18. The third-order valence-electron chi connectivity index (χ3n) is 5.17. The van der Waals surface area contributed by atoms with Crippen LogP contribution in [0.3, 0.4) is 0 Å². The highest BCUT2D eigenvalue weighted by Crippen LogP contribution is 2.22. The molecular weight excluding hydrogens is 320 g/mol. The van der Waals surface area contributed by atoms with Crippen molar-refractivity contribution in [2.75, 3.05) is 32.2 Å². The number of benzene rings is 2. The van der Waals surface area contributed by atoms with Crippen LogP contribution >= 0.6 is 0 Å². The average molecular weight is 346 g/mol. The lowest BCUT2D eigenvalue weighted by Gasteiger charge is -2.22. The van der Waals surface area contributed by atoms with Crippen molar-refractivity contribution in [1.29, 1.82) is 0 Å². The number of para-hydroxylation sites is 2. The van der Waals surface area contributed by atoms with Crippen LogP contribution < -0.4 is 10.3 Å². The Morgan fingerprint density at radius 2 is 1.73 bits per heavy atom. The van der Waals surface area contributed by atoms with Crippen molar-refractivity contribution >= 4 is 21.8 Å². The number of aromatic amines is 1. The van der Waals surface area contributed by atoms with Gasteiger partial charge < -0.3 is 15.3 Å². The van der Waals surface area contributed by atoms with E-state index in [2.05, 4.69) is 88.0 Å². The Kier molecular flexibility index (Phi) is 4.67. The van der Waals surface area contributed by atoms with Gasteiger partial charge in [0.15, 0.2) is 0 Å². The Hall–Kier alpha value is -2.72. The Morgan fingerprint density at radius 1 is 0.962 bits per heavy atom. The Labute approximate surface area is 154 Å². The van der Waals surface area contributed by atoms with Crippen LogP contribution in [0.4, 0.5) is 0 Å². The second kappa shape index (κ2) is 7.26. The van der Waals surface area contributed by atoms with Crippen LogP contribution in [0, 0.1) is 0 Å². The maximum atomic E-state index is 3.38. The van der Waals surface area contributed by atoms with Crippen LogP contribution in [0.2, 0.25) is 0 Å². The zero-order valence-corrected chi connectivity index (χ0v) is 15.5. The van der Waals surface area contributed by atoms with E-state index >= 15 is 0 Å². The van der Waals surface area contributed by atoms with Crippen LogP contribution in [0.1, 0.15) is 11.1 Å². The lowest BCUT2D eigenvalue weighted by molar-refractivity contribution is 0.665. The maximum absolute atomic E-state index is 3.38. The Morgan fingerprint density at radius 3 is 2.58 bits per heavy atom. The molecule has 4 heteroatoms. The van der Waals surface area contributed by atoms with Crippen molar-refractivity contribution in [3.63, 3.8) is 0 Å². The second-order valence-electron chi connectivity index (χ2n) is 6.86. The third kappa shape index (κ3) is 3.08. The first-order valence-electron chi connectivity index (χ1n) is 9.28. The summed E-state index contributed by atoms with van der Waals surface area (Å²) in [5.74, 6) is 0. The molecule has 4 rings (SSSR count). The van der Waals surface area contributed by atoms with Gasteiger partial charge in [-0.15, -0.1) is 0 Å². The molecule has 0 spiro atoms. The molecule has 0 bridgehead atoms. The molecule has 0 radical (unpaired) electrons. The zero-order valence-electron chi connectivity index (χ0n) is 15.5. The summed E-state index contributed by atoms with van der Waals surface area (Å²) in [4.78, 5) is 3.38. The fourth-order valence-electron chi connectivity index (χ4n) is 3.70. The van der Waals surface area contributed by atoms with Gasteiger partial charge in [-0.3, -0.25) is 4.68 Å². The summed E-state index contributed by atoms with van der Waals surface area (Å²) in [6, 6.07) is 17.2. The minimum Gasteiger partial charge on any atom is -0.361 e. The molecule has 0 saturated carbocycles. The van der Waals surface area contributed by atoms with Gasteiger partial charge in [-0.05, 0) is 49.7 Å². The predicted molar refractivity (Wildman–Crippen MR) is 111 cm³/mol. The van der Waals surface area contributed by atoms with Crippen LogP contribution in [-0.4, -0.2) is 36.8 Å². The zero-order chi connectivity index (χ0) is 17.9.